The molecule has 0 N–H and O–H groups in total. The van der Waals surface area contributed by atoms with E-state index in [1.54, 1.807) is 0 Å². The summed E-state index contributed by atoms with van der Waals surface area (Å²) >= 11 is 0. The van der Waals surface area contributed by atoms with Gasteiger partial charge in [0.1, 0.15) is 34.6 Å². The zero-order valence-corrected chi connectivity index (χ0v) is 19.6. The summed E-state index contributed by atoms with van der Waals surface area (Å²) in [5, 5.41) is -1.28. The molecule has 198 valence electrons. The first-order chi connectivity index (χ1) is 17.8. The van der Waals surface area contributed by atoms with E-state index in [2.05, 4.69) is 4.74 Å². The Morgan fingerprint density at radius 3 is 2.21 bits per heavy atom. The van der Waals surface area contributed by atoms with E-state index in [1.807, 2.05) is 6.92 Å². The number of hydrogen-bond acceptors (Lipinski definition) is 1. The van der Waals surface area contributed by atoms with Gasteiger partial charge in [0, 0.05) is 11.3 Å². The molecular formula is C28H17F9O. The number of fused-ring (bicyclic) bond motifs is 2. The lowest BCUT2D eigenvalue weighted by molar-refractivity contribution is -0.187. The smallest absolute Gasteiger partial charge is 0.429 e. The van der Waals surface area contributed by atoms with Gasteiger partial charge in [-0.3, -0.25) is 0 Å². The highest BCUT2D eigenvalue weighted by Gasteiger charge is 2.39. The zero-order chi connectivity index (χ0) is 27.8. The first kappa shape index (κ1) is 27.2. The Bertz CT molecular complexity index is 1590. The van der Waals surface area contributed by atoms with Crippen LogP contribution in [0.5, 0.6) is 5.75 Å². The van der Waals surface area contributed by atoms with Crippen LogP contribution in [-0.2, 0) is 12.5 Å². The van der Waals surface area contributed by atoms with Crippen LogP contribution < -0.4 is 4.74 Å². The number of aryl methyl sites for hydroxylation is 1. The number of halogens is 9. The van der Waals surface area contributed by atoms with Gasteiger partial charge in [-0.1, -0.05) is 31.4 Å². The summed E-state index contributed by atoms with van der Waals surface area (Å²) < 4.78 is 130. The Morgan fingerprint density at radius 2 is 1.53 bits per heavy atom. The molecule has 0 aliphatic rings. The number of hydrogen-bond donors (Lipinski definition) is 0. The molecule has 0 bridgehead atoms. The van der Waals surface area contributed by atoms with E-state index in [0.717, 1.165) is 55.2 Å². The molecule has 0 saturated heterocycles. The molecule has 0 spiro atoms. The van der Waals surface area contributed by atoms with Gasteiger partial charge in [-0.25, -0.2) is 17.6 Å². The molecule has 10 heteroatoms. The lowest BCUT2D eigenvalue weighted by Gasteiger charge is -2.20. The Labute approximate surface area is 210 Å². The molecule has 4 aromatic carbocycles. The van der Waals surface area contributed by atoms with Gasteiger partial charge in [0.25, 0.3) is 0 Å². The van der Waals surface area contributed by atoms with E-state index in [9.17, 15) is 35.1 Å². The van der Waals surface area contributed by atoms with Gasteiger partial charge in [0.2, 0.25) is 0 Å². The van der Waals surface area contributed by atoms with Crippen LogP contribution in [0.15, 0.2) is 48.5 Å². The quantitative estimate of drug-likeness (QED) is 0.175. The fraction of sp³-hybridized carbons (Fsp3) is 0.214. The van der Waals surface area contributed by atoms with Crippen molar-refractivity contribution < 1.29 is 44.3 Å². The number of rotatable bonds is 6. The van der Waals surface area contributed by atoms with E-state index < -0.39 is 63.2 Å². The summed E-state index contributed by atoms with van der Waals surface area (Å²) in [5.41, 5.74) is -1.82. The Balaban J connectivity index is 1.69. The van der Waals surface area contributed by atoms with E-state index >= 15 is 4.39 Å². The topological polar surface area (TPSA) is 9.23 Å². The van der Waals surface area contributed by atoms with Crippen molar-refractivity contribution >= 4 is 21.5 Å². The van der Waals surface area contributed by atoms with Gasteiger partial charge in [-0.2, -0.15) is 22.0 Å². The molecule has 1 nitrogen and oxygen atoms in total. The summed E-state index contributed by atoms with van der Waals surface area (Å²) in [6.45, 7) is 1.94. The SMILES string of the molecule is CCCCc1cc(F)c2c(F)c(C(F)(F)Oc3ccc4c(F)c(C#CC(F)(F)F)c(F)cc4c3)ccc2c1. The third kappa shape index (κ3) is 5.52. The van der Waals surface area contributed by atoms with Crippen LogP contribution in [0.2, 0.25) is 0 Å². The second-order valence-electron chi connectivity index (χ2n) is 8.50. The van der Waals surface area contributed by atoms with Gasteiger partial charge in [-0.15, -0.1) is 0 Å². The Hall–Kier alpha value is -3.87. The van der Waals surface area contributed by atoms with E-state index in [4.69, 9.17) is 0 Å². The van der Waals surface area contributed by atoms with Crippen LogP contribution in [0.4, 0.5) is 39.5 Å². The number of ether oxygens (including phenoxy) is 1. The summed E-state index contributed by atoms with van der Waals surface area (Å²) in [6, 6.07) is 7.62. The second kappa shape index (κ2) is 10.1. The average Bonchev–Trinajstić information content (AvgIpc) is 2.81. The van der Waals surface area contributed by atoms with Gasteiger partial charge >= 0.3 is 12.3 Å². The van der Waals surface area contributed by atoms with E-state index in [0.29, 0.717) is 18.1 Å². The minimum Gasteiger partial charge on any atom is -0.429 e. The van der Waals surface area contributed by atoms with Crippen LogP contribution in [0.1, 0.15) is 36.5 Å². The van der Waals surface area contributed by atoms with Crippen molar-refractivity contribution in [1.29, 1.82) is 0 Å². The van der Waals surface area contributed by atoms with Crippen molar-refractivity contribution in [1.82, 2.24) is 0 Å². The van der Waals surface area contributed by atoms with Crippen LogP contribution >= 0.6 is 0 Å². The highest BCUT2D eigenvalue weighted by molar-refractivity contribution is 5.87. The third-order valence-corrected chi connectivity index (χ3v) is 5.77. The van der Waals surface area contributed by atoms with Crippen molar-refractivity contribution in [3.63, 3.8) is 0 Å². The minimum absolute atomic E-state index is 0.0919. The Kier molecular flexibility index (Phi) is 7.24. The first-order valence-corrected chi connectivity index (χ1v) is 11.3. The van der Waals surface area contributed by atoms with Crippen molar-refractivity contribution in [2.75, 3.05) is 0 Å². The van der Waals surface area contributed by atoms with Crippen LogP contribution in [0.3, 0.4) is 0 Å². The van der Waals surface area contributed by atoms with Gasteiger partial charge < -0.3 is 4.74 Å². The van der Waals surface area contributed by atoms with Crippen LogP contribution in [0, 0.1) is 35.1 Å². The number of benzene rings is 4. The van der Waals surface area contributed by atoms with E-state index in [-0.39, 0.29) is 10.8 Å². The molecule has 0 unspecified atom stereocenters. The predicted octanol–water partition coefficient (Wildman–Crippen LogP) is 8.93. The fourth-order valence-electron chi connectivity index (χ4n) is 4.00. The molecule has 38 heavy (non-hydrogen) atoms. The predicted molar refractivity (Wildman–Crippen MR) is 124 cm³/mol. The zero-order valence-electron chi connectivity index (χ0n) is 19.6. The van der Waals surface area contributed by atoms with Gasteiger partial charge in [0.05, 0.1) is 10.9 Å². The molecule has 0 fully saturated rings. The first-order valence-electron chi connectivity index (χ1n) is 11.3. The largest absolute Gasteiger partial charge is 0.458 e. The molecule has 0 aromatic heterocycles. The molecule has 0 radical (unpaired) electrons. The minimum atomic E-state index is -4.99. The standard InChI is InChI=1S/C28H17F9O/c1-2-3-4-15-11-16-5-8-21(26(32)24(16)23(30)12-15)28(36,37)38-18-6-7-19-17(13-18)14-22(29)20(25(19)31)9-10-27(33,34)35/h5-8,11-14H,2-4H2,1H3. The van der Waals surface area contributed by atoms with Crippen molar-refractivity contribution in [2.24, 2.45) is 0 Å². The van der Waals surface area contributed by atoms with Gasteiger partial charge in [-0.05, 0) is 65.6 Å². The summed E-state index contributed by atoms with van der Waals surface area (Å²) in [7, 11) is 0. The molecule has 0 heterocycles. The number of unbranched alkanes of at least 4 members (excludes halogenated alkanes) is 1. The van der Waals surface area contributed by atoms with Crippen LogP contribution in [-0.4, -0.2) is 6.18 Å². The highest BCUT2D eigenvalue weighted by Crippen LogP contribution is 2.38. The maximum Gasteiger partial charge on any atom is 0.458 e. The fourth-order valence-corrected chi connectivity index (χ4v) is 4.00. The second-order valence-corrected chi connectivity index (χ2v) is 8.50. The maximum atomic E-state index is 15.1. The molecule has 0 aliphatic carbocycles. The van der Waals surface area contributed by atoms with E-state index in [1.165, 1.54) is 12.0 Å². The van der Waals surface area contributed by atoms with Crippen molar-refractivity contribution in [3.8, 4) is 17.6 Å². The monoisotopic (exact) mass is 540 g/mol. The molecule has 0 atom stereocenters. The van der Waals surface area contributed by atoms with Crippen molar-refractivity contribution in [2.45, 2.75) is 38.5 Å². The third-order valence-electron chi connectivity index (χ3n) is 5.77. The molecule has 4 rings (SSSR count). The average molecular weight is 540 g/mol. The van der Waals surface area contributed by atoms with Crippen molar-refractivity contribution in [3.05, 3.63) is 88.5 Å². The summed E-state index contributed by atoms with van der Waals surface area (Å²) in [5.74, 6) is -3.91. The highest BCUT2D eigenvalue weighted by atomic mass is 19.4. The van der Waals surface area contributed by atoms with Gasteiger partial charge in [0.15, 0.2) is 0 Å². The lowest BCUT2D eigenvalue weighted by atomic mass is 10.00. The molecular weight excluding hydrogens is 523 g/mol. The molecule has 0 saturated carbocycles. The van der Waals surface area contributed by atoms with Crippen LogP contribution in [0.25, 0.3) is 21.5 Å². The summed E-state index contributed by atoms with van der Waals surface area (Å²) in [6.07, 6.45) is -7.17. The lowest BCUT2D eigenvalue weighted by Crippen LogP contribution is -2.23. The number of alkyl halides is 5. The molecule has 4 aromatic rings. The molecule has 0 aliphatic heterocycles. The normalized spacial score (nSPS) is 12.1. The molecule has 0 amide bonds. The Morgan fingerprint density at radius 1 is 0.789 bits per heavy atom. The summed E-state index contributed by atoms with van der Waals surface area (Å²) in [4.78, 5) is 0. The maximum absolute atomic E-state index is 15.1.